The minimum atomic E-state index is -5.23. The summed E-state index contributed by atoms with van der Waals surface area (Å²) in [5, 5.41) is 0. The zero-order chi connectivity index (χ0) is 30.4. The molecule has 0 bridgehead atoms. The lowest BCUT2D eigenvalue weighted by Gasteiger charge is -2.30. The van der Waals surface area contributed by atoms with E-state index in [2.05, 4.69) is 4.74 Å². The highest BCUT2D eigenvalue weighted by atomic mass is 32.2. The van der Waals surface area contributed by atoms with Crippen LogP contribution in [-0.4, -0.2) is 37.4 Å². The average Bonchev–Trinajstić information content (AvgIpc) is 2.96. The number of halogens is 8. The third-order valence-electron chi connectivity index (χ3n) is 6.49. The third kappa shape index (κ3) is 8.26. The molecule has 4 rings (SSSR count). The van der Waals surface area contributed by atoms with Gasteiger partial charge < -0.3 is 14.2 Å². The smallest absolute Gasteiger partial charge is 0.399 e. The van der Waals surface area contributed by atoms with E-state index in [9.17, 15) is 30.7 Å². The van der Waals surface area contributed by atoms with Crippen LogP contribution in [0.5, 0.6) is 5.75 Å². The lowest BCUT2D eigenvalue weighted by molar-refractivity contribution is -0.276. The van der Waals surface area contributed by atoms with Gasteiger partial charge in [-0.05, 0) is 52.6 Å². The Morgan fingerprint density at radius 1 is 0.881 bits per heavy atom. The fourth-order valence-electron chi connectivity index (χ4n) is 4.40. The second kappa shape index (κ2) is 13.9. The molecule has 0 aromatic heterocycles. The lowest BCUT2D eigenvalue weighted by atomic mass is 9.95. The maximum atomic E-state index is 15.0. The monoisotopic (exact) mass is 618 g/mol. The first kappa shape index (κ1) is 31.8. The summed E-state index contributed by atoms with van der Waals surface area (Å²) in [4.78, 5) is 0. The van der Waals surface area contributed by atoms with E-state index in [1.807, 2.05) is 6.92 Å². The Morgan fingerprint density at radius 3 is 2.07 bits per heavy atom. The summed E-state index contributed by atoms with van der Waals surface area (Å²) in [6.07, 6.45) is -5.80. The van der Waals surface area contributed by atoms with Gasteiger partial charge in [0.15, 0.2) is 23.8 Å². The highest BCUT2D eigenvalue weighted by molar-refractivity contribution is 7.99. The summed E-state index contributed by atoms with van der Waals surface area (Å²) in [7, 11) is 0. The van der Waals surface area contributed by atoms with Gasteiger partial charge >= 0.3 is 6.36 Å². The number of rotatable bonds is 10. The Kier molecular flexibility index (Phi) is 10.6. The molecule has 1 saturated heterocycles. The van der Waals surface area contributed by atoms with Crippen LogP contribution in [0.25, 0.3) is 17.0 Å². The maximum absolute atomic E-state index is 15.0. The predicted octanol–water partition coefficient (Wildman–Crippen LogP) is 9.12. The number of hydrogen-bond acceptors (Lipinski definition) is 4. The molecule has 1 aliphatic rings. The number of hydrogen-bond donors (Lipinski definition) is 0. The maximum Gasteiger partial charge on any atom is 0.573 e. The molecule has 0 radical (unpaired) electrons. The largest absolute Gasteiger partial charge is 0.573 e. The Balaban J connectivity index is 1.33. The molecule has 3 aromatic carbocycles. The predicted molar refractivity (Wildman–Crippen MR) is 144 cm³/mol. The molecule has 42 heavy (non-hydrogen) atoms. The van der Waals surface area contributed by atoms with Crippen LogP contribution in [0, 0.1) is 17.5 Å². The lowest BCUT2D eigenvalue weighted by Crippen LogP contribution is -2.31. The molecule has 0 atom stereocenters. The molecule has 3 aromatic rings. The van der Waals surface area contributed by atoms with Crippen molar-refractivity contribution in [3.63, 3.8) is 0 Å². The van der Waals surface area contributed by atoms with Gasteiger partial charge in [-0.1, -0.05) is 43.3 Å². The number of ether oxygens (including phenoxy) is 3. The SMILES string of the molecule is CCSCC(F)=C(F)c1ccc(-c2ccc(C3COC(CCc4cc(F)c(OC(F)(F)F)c(F)c4)OC3)c(F)c2)cc1. The van der Waals surface area contributed by atoms with Crippen molar-refractivity contribution in [2.24, 2.45) is 0 Å². The van der Waals surface area contributed by atoms with Gasteiger partial charge in [0.1, 0.15) is 11.6 Å². The molecular formula is C30H26F8O3S. The summed E-state index contributed by atoms with van der Waals surface area (Å²) >= 11 is 1.27. The van der Waals surface area contributed by atoms with E-state index in [1.165, 1.54) is 30.0 Å². The van der Waals surface area contributed by atoms with E-state index in [-0.39, 0.29) is 42.9 Å². The van der Waals surface area contributed by atoms with Gasteiger partial charge in [0.2, 0.25) is 5.75 Å². The van der Waals surface area contributed by atoms with E-state index in [4.69, 9.17) is 9.47 Å². The zero-order valence-corrected chi connectivity index (χ0v) is 23.1. The molecule has 0 spiro atoms. The second-order valence-electron chi connectivity index (χ2n) is 9.44. The Morgan fingerprint density at radius 2 is 1.50 bits per heavy atom. The van der Waals surface area contributed by atoms with Crippen LogP contribution in [0.4, 0.5) is 35.1 Å². The van der Waals surface area contributed by atoms with Crippen molar-refractivity contribution in [3.8, 4) is 16.9 Å². The van der Waals surface area contributed by atoms with Crippen LogP contribution in [0.15, 0.2) is 60.4 Å². The van der Waals surface area contributed by atoms with Crippen LogP contribution in [-0.2, 0) is 15.9 Å². The van der Waals surface area contributed by atoms with Crippen LogP contribution in [0.1, 0.15) is 36.0 Å². The molecule has 1 aliphatic heterocycles. The fraction of sp³-hybridized carbons (Fsp3) is 0.333. The van der Waals surface area contributed by atoms with Gasteiger partial charge in [-0.25, -0.2) is 22.0 Å². The number of alkyl halides is 3. The van der Waals surface area contributed by atoms with Crippen LogP contribution >= 0.6 is 11.8 Å². The van der Waals surface area contributed by atoms with Crippen molar-refractivity contribution in [3.05, 3.63) is 94.6 Å². The first-order valence-corrected chi connectivity index (χ1v) is 14.1. The molecule has 0 N–H and O–H groups in total. The molecule has 0 aliphatic carbocycles. The molecule has 0 amide bonds. The fourth-order valence-corrected chi connectivity index (χ4v) is 4.91. The zero-order valence-electron chi connectivity index (χ0n) is 22.3. The van der Waals surface area contributed by atoms with Crippen molar-refractivity contribution >= 4 is 17.6 Å². The van der Waals surface area contributed by atoms with Crippen molar-refractivity contribution in [2.75, 3.05) is 24.7 Å². The normalized spacial score (nSPS) is 18.1. The summed E-state index contributed by atoms with van der Waals surface area (Å²) < 4.78 is 123. The molecule has 1 heterocycles. The highest BCUT2D eigenvalue weighted by Gasteiger charge is 2.34. The van der Waals surface area contributed by atoms with Gasteiger partial charge in [0.25, 0.3) is 0 Å². The van der Waals surface area contributed by atoms with E-state index in [1.54, 1.807) is 24.3 Å². The van der Waals surface area contributed by atoms with Crippen molar-refractivity contribution in [1.29, 1.82) is 0 Å². The number of thioether (sulfide) groups is 1. The first-order chi connectivity index (χ1) is 19.9. The Bertz CT molecular complexity index is 1380. The number of benzene rings is 3. The first-order valence-electron chi connectivity index (χ1n) is 12.9. The van der Waals surface area contributed by atoms with Gasteiger partial charge in [-0.3, -0.25) is 0 Å². The van der Waals surface area contributed by atoms with Crippen molar-refractivity contribution in [1.82, 2.24) is 0 Å². The van der Waals surface area contributed by atoms with Crippen LogP contribution in [0.3, 0.4) is 0 Å². The summed E-state index contributed by atoms with van der Waals surface area (Å²) in [6.45, 7) is 2.05. The standard InChI is InChI=1S/C30H26F8O3S/c1-2-42-16-26(34)28(35)19-6-4-18(5-7-19)20-8-9-22(23(31)13-20)21-14-39-27(40-15-21)10-3-17-11-24(32)29(25(33)12-17)41-30(36,37)38/h4-9,11-13,21,27H,2-3,10,14-16H2,1H3. The molecule has 1 fully saturated rings. The van der Waals surface area contributed by atoms with Gasteiger partial charge in [-0.15, -0.1) is 13.2 Å². The molecule has 12 heteroatoms. The third-order valence-corrected chi connectivity index (χ3v) is 7.36. The molecule has 3 nitrogen and oxygen atoms in total. The summed E-state index contributed by atoms with van der Waals surface area (Å²) in [5.41, 5.74) is 1.68. The Labute approximate surface area is 241 Å². The van der Waals surface area contributed by atoms with E-state index in [0.717, 1.165) is 12.1 Å². The van der Waals surface area contributed by atoms with Crippen LogP contribution in [0.2, 0.25) is 0 Å². The minimum absolute atomic E-state index is 0.0430. The molecule has 0 saturated carbocycles. The highest BCUT2D eigenvalue weighted by Crippen LogP contribution is 2.33. The quantitative estimate of drug-likeness (QED) is 0.212. The molecular weight excluding hydrogens is 592 g/mol. The summed E-state index contributed by atoms with van der Waals surface area (Å²) in [5.74, 6) is -6.58. The molecule has 226 valence electrons. The summed E-state index contributed by atoms with van der Waals surface area (Å²) in [6, 6.07) is 12.1. The second-order valence-corrected chi connectivity index (χ2v) is 10.7. The van der Waals surface area contributed by atoms with E-state index >= 15 is 4.39 Å². The molecule has 0 unspecified atom stereocenters. The van der Waals surface area contributed by atoms with E-state index in [0.29, 0.717) is 22.4 Å². The van der Waals surface area contributed by atoms with E-state index < -0.39 is 53.4 Å². The van der Waals surface area contributed by atoms with Gasteiger partial charge in [-0.2, -0.15) is 11.8 Å². The van der Waals surface area contributed by atoms with Crippen molar-refractivity contribution < 1.29 is 49.3 Å². The van der Waals surface area contributed by atoms with Crippen LogP contribution < -0.4 is 4.74 Å². The average molecular weight is 619 g/mol. The Hall–Kier alpha value is -3.09. The minimum Gasteiger partial charge on any atom is -0.399 e. The topological polar surface area (TPSA) is 27.7 Å². The van der Waals surface area contributed by atoms with Crippen molar-refractivity contribution in [2.45, 2.75) is 38.3 Å². The number of aryl methyl sites for hydroxylation is 1. The van der Waals surface area contributed by atoms with Gasteiger partial charge in [0.05, 0.1) is 13.2 Å². The van der Waals surface area contributed by atoms with Gasteiger partial charge in [0, 0.05) is 23.7 Å².